The number of benzene rings is 8. The molecule has 0 bridgehead atoms. The van der Waals surface area contributed by atoms with Crippen LogP contribution >= 0.6 is 11.3 Å². The molecule has 2 nitrogen and oxygen atoms in total. The fourth-order valence-corrected chi connectivity index (χ4v) is 10.1. The third-order valence-corrected chi connectivity index (χ3v) is 12.4. The second kappa shape index (κ2) is 10.9. The van der Waals surface area contributed by atoms with Crippen LogP contribution in [0, 0.1) is 0 Å². The number of nitrogens with zero attached hydrogens (tertiary/aromatic N) is 1. The smallest absolute Gasteiger partial charge is 0.144 e. The summed E-state index contributed by atoms with van der Waals surface area (Å²) in [5.74, 6) is 0. The molecule has 2 aromatic heterocycles. The van der Waals surface area contributed by atoms with E-state index in [0.29, 0.717) is 0 Å². The molecule has 0 saturated heterocycles. The summed E-state index contributed by atoms with van der Waals surface area (Å²) in [5.41, 5.74) is 12.5. The maximum Gasteiger partial charge on any atom is 0.144 e. The Morgan fingerprint density at radius 1 is 0.519 bits per heavy atom. The molecule has 0 atom stereocenters. The number of anilines is 3. The average molecular weight is 684 g/mol. The fourth-order valence-electron chi connectivity index (χ4n) is 8.93. The van der Waals surface area contributed by atoms with E-state index in [2.05, 4.69) is 183 Å². The van der Waals surface area contributed by atoms with Crippen molar-refractivity contribution in [3.05, 3.63) is 175 Å². The van der Waals surface area contributed by atoms with Crippen LogP contribution in [0.3, 0.4) is 0 Å². The molecule has 1 aliphatic carbocycles. The number of hydrogen-bond donors (Lipinski definition) is 0. The molecule has 8 aromatic carbocycles. The van der Waals surface area contributed by atoms with Crippen molar-refractivity contribution in [1.29, 1.82) is 0 Å². The van der Waals surface area contributed by atoms with Gasteiger partial charge in [-0.2, -0.15) is 0 Å². The molecule has 0 unspecified atom stereocenters. The van der Waals surface area contributed by atoms with Crippen LogP contribution in [0.4, 0.5) is 17.1 Å². The predicted octanol–water partition coefficient (Wildman–Crippen LogP) is 14.6. The molecule has 3 heteroatoms. The number of thiophene rings is 1. The molecule has 2 heterocycles. The van der Waals surface area contributed by atoms with Gasteiger partial charge in [-0.1, -0.05) is 141 Å². The molecule has 11 rings (SSSR count). The van der Waals surface area contributed by atoms with E-state index in [-0.39, 0.29) is 5.41 Å². The first-order valence-electron chi connectivity index (χ1n) is 17.9. The first-order chi connectivity index (χ1) is 25.6. The van der Waals surface area contributed by atoms with Gasteiger partial charge in [0.2, 0.25) is 0 Å². The number of para-hydroxylation sites is 2. The lowest BCUT2D eigenvalue weighted by Gasteiger charge is -2.28. The summed E-state index contributed by atoms with van der Waals surface area (Å²) in [6, 6.07) is 59.5. The van der Waals surface area contributed by atoms with Crippen LogP contribution in [0.25, 0.3) is 75.1 Å². The molecule has 10 aromatic rings. The highest BCUT2D eigenvalue weighted by Gasteiger charge is 2.40. The minimum absolute atomic E-state index is 0.276. The molecule has 0 saturated carbocycles. The van der Waals surface area contributed by atoms with Crippen molar-refractivity contribution in [1.82, 2.24) is 0 Å². The molecule has 52 heavy (non-hydrogen) atoms. The SMILES string of the molecule is CC1(C)c2cc(N(c3ccccc3)c3cccc4c3sc3ccccc34)ccc2-c2c1c1ccccc1c1c2oc2c(-c3ccccc3)cccc21. The van der Waals surface area contributed by atoms with Crippen molar-refractivity contribution in [2.45, 2.75) is 19.3 Å². The molecular formula is C49H33NOS. The van der Waals surface area contributed by atoms with Crippen molar-refractivity contribution in [2.75, 3.05) is 4.90 Å². The Hall–Kier alpha value is -6.16. The average Bonchev–Trinajstić information content (AvgIpc) is 3.84. The van der Waals surface area contributed by atoms with Gasteiger partial charge in [0, 0.05) is 54.2 Å². The Labute approximate surface area is 305 Å². The Morgan fingerprint density at radius 3 is 2.02 bits per heavy atom. The van der Waals surface area contributed by atoms with Crippen molar-refractivity contribution in [2.24, 2.45) is 0 Å². The summed E-state index contributed by atoms with van der Waals surface area (Å²) < 4.78 is 9.72. The predicted molar refractivity (Wildman–Crippen MR) is 222 cm³/mol. The molecule has 0 fully saturated rings. The van der Waals surface area contributed by atoms with Gasteiger partial charge in [-0.25, -0.2) is 0 Å². The van der Waals surface area contributed by atoms with Gasteiger partial charge in [0.05, 0.1) is 10.4 Å². The van der Waals surface area contributed by atoms with Gasteiger partial charge >= 0.3 is 0 Å². The highest BCUT2D eigenvalue weighted by molar-refractivity contribution is 7.26. The van der Waals surface area contributed by atoms with Gasteiger partial charge in [-0.3, -0.25) is 0 Å². The Balaban J connectivity index is 1.19. The molecule has 0 spiro atoms. The summed E-state index contributed by atoms with van der Waals surface area (Å²) >= 11 is 1.87. The zero-order valence-corrected chi connectivity index (χ0v) is 29.7. The quantitative estimate of drug-likeness (QED) is 0.184. The van der Waals surface area contributed by atoms with Crippen molar-refractivity contribution >= 4 is 81.3 Å². The van der Waals surface area contributed by atoms with E-state index in [1.807, 2.05) is 11.3 Å². The van der Waals surface area contributed by atoms with Gasteiger partial charge in [-0.15, -0.1) is 11.3 Å². The number of fused-ring (bicyclic) bond motifs is 13. The van der Waals surface area contributed by atoms with E-state index in [1.54, 1.807) is 0 Å². The molecule has 0 aliphatic heterocycles. The number of hydrogen-bond acceptors (Lipinski definition) is 3. The van der Waals surface area contributed by atoms with Gasteiger partial charge in [0.15, 0.2) is 0 Å². The first kappa shape index (κ1) is 29.6. The molecule has 0 amide bonds. The van der Waals surface area contributed by atoms with Crippen LogP contribution in [-0.2, 0) is 5.41 Å². The standard InChI is InChI=1S/C49H33NOS/c1-49(2)40-29-32(50(31-17-7-4-8-18-31)41-25-14-23-37-34-19-11-12-26-42(34)52-48(37)41)27-28-38(40)44-45(49)36-21-10-9-20-35(36)43-39-24-13-22-33(46(39)51-47(43)44)30-15-5-3-6-16-30/h3-29H,1-2H3. The van der Waals surface area contributed by atoms with Crippen LogP contribution in [0.15, 0.2) is 168 Å². The maximum absolute atomic E-state index is 7.12. The van der Waals surface area contributed by atoms with E-state index in [1.165, 1.54) is 64.3 Å². The van der Waals surface area contributed by atoms with E-state index in [0.717, 1.165) is 39.1 Å². The highest BCUT2D eigenvalue weighted by atomic mass is 32.1. The summed E-state index contributed by atoms with van der Waals surface area (Å²) in [6.45, 7) is 4.77. The maximum atomic E-state index is 7.12. The van der Waals surface area contributed by atoms with Crippen molar-refractivity contribution < 1.29 is 4.42 Å². The van der Waals surface area contributed by atoms with Gasteiger partial charge in [0.25, 0.3) is 0 Å². The van der Waals surface area contributed by atoms with E-state index < -0.39 is 0 Å². The zero-order valence-electron chi connectivity index (χ0n) is 28.9. The monoisotopic (exact) mass is 683 g/mol. The summed E-state index contributed by atoms with van der Waals surface area (Å²) in [6.07, 6.45) is 0. The lowest BCUT2D eigenvalue weighted by molar-refractivity contribution is 0.658. The Bertz CT molecular complexity index is 3040. The van der Waals surface area contributed by atoms with Crippen molar-refractivity contribution in [3.63, 3.8) is 0 Å². The highest BCUT2D eigenvalue weighted by Crippen LogP contribution is 2.57. The lowest BCUT2D eigenvalue weighted by atomic mass is 9.79. The normalized spacial score (nSPS) is 13.3. The van der Waals surface area contributed by atoms with E-state index >= 15 is 0 Å². The minimum Gasteiger partial charge on any atom is -0.455 e. The van der Waals surface area contributed by atoms with Crippen LogP contribution in [0.2, 0.25) is 0 Å². The second-order valence-corrected chi connectivity index (χ2v) is 15.5. The zero-order chi connectivity index (χ0) is 34.6. The van der Waals surface area contributed by atoms with Gasteiger partial charge in [-0.05, 0) is 69.4 Å². The summed E-state index contributed by atoms with van der Waals surface area (Å²) in [4.78, 5) is 2.44. The lowest BCUT2D eigenvalue weighted by Crippen LogP contribution is -2.17. The third kappa shape index (κ3) is 4.06. The topological polar surface area (TPSA) is 16.4 Å². The fraction of sp³-hybridized carbons (Fsp3) is 0.0612. The van der Waals surface area contributed by atoms with Crippen LogP contribution in [0.1, 0.15) is 25.0 Å². The molecule has 1 aliphatic rings. The molecule has 246 valence electrons. The molecular weight excluding hydrogens is 651 g/mol. The first-order valence-corrected chi connectivity index (χ1v) is 18.8. The Morgan fingerprint density at radius 2 is 1.19 bits per heavy atom. The second-order valence-electron chi connectivity index (χ2n) is 14.4. The van der Waals surface area contributed by atoms with Crippen LogP contribution < -0.4 is 4.90 Å². The number of furan rings is 1. The largest absolute Gasteiger partial charge is 0.455 e. The van der Waals surface area contributed by atoms with Crippen LogP contribution in [0.5, 0.6) is 0 Å². The molecule has 0 radical (unpaired) electrons. The summed E-state index contributed by atoms with van der Waals surface area (Å²) in [5, 5.41) is 7.47. The molecule has 0 N–H and O–H groups in total. The number of rotatable bonds is 4. The van der Waals surface area contributed by atoms with E-state index in [4.69, 9.17) is 4.42 Å². The van der Waals surface area contributed by atoms with Crippen molar-refractivity contribution in [3.8, 4) is 22.3 Å². The summed E-state index contributed by atoms with van der Waals surface area (Å²) in [7, 11) is 0. The minimum atomic E-state index is -0.276. The van der Waals surface area contributed by atoms with Gasteiger partial charge in [0.1, 0.15) is 11.2 Å². The van der Waals surface area contributed by atoms with E-state index in [9.17, 15) is 0 Å². The Kier molecular flexibility index (Phi) is 6.21. The van der Waals surface area contributed by atoms with Gasteiger partial charge < -0.3 is 9.32 Å². The third-order valence-electron chi connectivity index (χ3n) is 11.2. The van der Waals surface area contributed by atoms with Crippen LogP contribution in [-0.4, -0.2) is 0 Å².